The molecule has 0 aliphatic heterocycles. The Balaban J connectivity index is 1.88. The topological polar surface area (TPSA) is 25.2 Å². The lowest BCUT2D eigenvalue weighted by molar-refractivity contribution is 0.524. The fourth-order valence-corrected chi connectivity index (χ4v) is 2.42. The van der Waals surface area contributed by atoms with Crippen LogP contribution in [0.1, 0.15) is 43.9 Å². The molecular weight excluding hydrogens is 222 g/mol. The number of nitrogens with one attached hydrogen (secondary N) is 1. The van der Waals surface area contributed by atoms with Crippen LogP contribution in [0.25, 0.3) is 11.0 Å². The summed E-state index contributed by atoms with van der Waals surface area (Å²) in [6.45, 7) is 3.19. The Bertz CT molecular complexity index is 525. The summed E-state index contributed by atoms with van der Waals surface area (Å²) < 4.78 is 6.01. The standard InChI is InChI=1S/C16H21NO/c1-2-3-7-16-14(11-17-12-9-10-12)13-6-4-5-8-15(13)18-16/h4-6,8,12,17H,2-3,7,9-11H2,1H3. The van der Waals surface area contributed by atoms with E-state index in [-0.39, 0.29) is 0 Å². The second-order valence-corrected chi connectivity index (χ2v) is 5.26. The van der Waals surface area contributed by atoms with Gasteiger partial charge in [-0.1, -0.05) is 31.5 Å². The maximum Gasteiger partial charge on any atom is 0.134 e. The molecule has 2 nitrogen and oxygen atoms in total. The van der Waals surface area contributed by atoms with Crippen LogP contribution in [0.2, 0.25) is 0 Å². The van der Waals surface area contributed by atoms with Crippen molar-refractivity contribution in [3.8, 4) is 0 Å². The van der Waals surface area contributed by atoms with Crippen molar-refractivity contribution in [3.63, 3.8) is 0 Å². The zero-order chi connectivity index (χ0) is 12.4. The first-order valence-electron chi connectivity index (χ1n) is 7.11. The van der Waals surface area contributed by atoms with Crippen LogP contribution in [-0.4, -0.2) is 6.04 Å². The maximum atomic E-state index is 6.01. The third-order valence-electron chi connectivity index (χ3n) is 3.68. The molecule has 3 rings (SSSR count). The number of benzene rings is 1. The summed E-state index contributed by atoms with van der Waals surface area (Å²) in [6.07, 6.45) is 6.15. The van der Waals surface area contributed by atoms with E-state index in [2.05, 4.69) is 30.4 Å². The quantitative estimate of drug-likeness (QED) is 0.828. The van der Waals surface area contributed by atoms with E-state index in [1.807, 2.05) is 6.07 Å². The van der Waals surface area contributed by atoms with Crippen LogP contribution < -0.4 is 5.32 Å². The Morgan fingerprint density at radius 3 is 2.89 bits per heavy atom. The molecule has 0 radical (unpaired) electrons. The van der Waals surface area contributed by atoms with Crippen molar-refractivity contribution in [3.05, 3.63) is 35.6 Å². The Hall–Kier alpha value is -1.28. The Kier molecular flexibility index (Phi) is 3.37. The van der Waals surface area contributed by atoms with E-state index in [9.17, 15) is 0 Å². The predicted octanol–water partition coefficient (Wildman–Crippen LogP) is 4.03. The van der Waals surface area contributed by atoms with Crippen LogP contribution in [0.4, 0.5) is 0 Å². The van der Waals surface area contributed by atoms with Gasteiger partial charge in [0.05, 0.1) is 0 Å². The monoisotopic (exact) mass is 243 g/mol. The lowest BCUT2D eigenvalue weighted by Gasteiger charge is -2.04. The van der Waals surface area contributed by atoms with Gasteiger partial charge in [-0.3, -0.25) is 0 Å². The van der Waals surface area contributed by atoms with Gasteiger partial charge >= 0.3 is 0 Å². The largest absolute Gasteiger partial charge is 0.461 e. The van der Waals surface area contributed by atoms with E-state index in [0.29, 0.717) is 0 Å². The SMILES string of the molecule is CCCCc1oc2ccccc2c1CNC1CC1. The fourth-order valence-electron chi connectivity index (χ4n) is 2.42. The zero-order valence-electron chi connectivity index (χ0n) is 11.0. The minimum absolute atomic E-state index is 0.748. The first-order valence-corrected chi connectivity index (χ1v) is 7.11. The molecule has 0 bridgehead atoms. The lowest BCUT2D eigenvalue weighted by atomic mass is 10.1. The van der Waals surface area contributed by atoms with Crippen molar-refractivity contribution in [1.82, 2.24) is 5.32 Å². The number of aryl methyl sites for hydroxylation is 1. The number of para-hydroxylation sites is 1. The van der Waals surface area contributed by atoms with E-state index in [0.717, 1.165) is 24.6 Å². The minimum atomic E-state index is 0.748. The van der Waals surface area contributed by atoms with Crippen LogP contribution >= 0.6 is 0 Å². The average molecular weight is 243 g/mol. The van der Waals surface area contributed by atoms with Gasteiger partial charge in [-0.15, -0.1) is 0 Å². The molecule has 0 spiro atoms. The highest BCUT2D eigenvalue weighted by molar-refractivity contribution is 5.82. The highest BCUT2D eigenvalue weighted by atomic mass is 16.3. The Labute approximate surface area is 108 Å². The zero-order valence-corrected chi connectivity index (χ0v) is 11.0. The molecule has 96 valence electrons. The summed E-state index contributed by atoms with van der Waals surface area (Å²) in [4.78, 5) is 0. The molecule has 18 heavy (non-hydrogen) atoms. The molecule has 1 aromatic carbocycles. The second-order valence-electron chi connectivity index (χ2n) is 5.26. The molecule has 2 heteroatoms. The van der Waals surface area contributed by atoms with Crippen molar-refractivity contribution in [2.75, 3.05) is 0 Å². The molecule has 1 aliphatic rings. The minimum Gasteiger partial charge on any atom is -0.461 e. The van der Waals surface area contributed by atoms with Gasteiger partial charge in [0.15, 0.2) is 0 Å². The molecule has 2 aromatic rings. The van der Waals surface area contributed by atoms with E-state index in [1.54, 1.807) is 0 Å². The summed E-state index contributed by atoms with van der Waals surface area (Å²) in [6, 6.07) is 9.15. The third kappa shape index (κ3) is 2.44. The van der Waals surface area contributed by atoms with Crippen molar-refractivity contribution in [2.24, 2.45) is 0 Å². The Morgan fingerprint density at radius 2 is 2.11 bits per heavy atom. The van der Waals surface area contributed by atoms with E-state index in [4.69, 9.17) is 4.42 Å². The molecule has 0 atom stereocenters. The van der Waals surface area contributed by atoms with Gasteiger partial charge in [0.1, 0.15) is 11.3 Å². The lowest BCUT2D eigenvalue weighted by Crippen LogP contribution is -2.15. The third-order valence-corrected chi connectivity index (χ3v) is 3.68. The highest BCUT2D eigenvalue weighted by Crippen LogP contribution is 2.28. The number of fused-ring (bicyclic) bond motifs is 1. The van der Waals surface area contributed by atoms with Gasteiger partial charge < -0.3 is 9.73 Å². The van der Waals surface area contributed by atoms with Crippen molar-refractivity contribution in [1.29, 1.82) is 0 Å². The van der Waals surface area contributed by atoms with E-state index >= 15 is 0 Å². The number of hydrogen-bond acceptors (Lipinski definition) is 2. The molecule has 1 aromatic heterocycles. The van der Waals surface area contributed by atoms with Crippen LogP contribution in [0, 0.1) is 0 Å². The Morgan fingerprint density at radius 1 is 1.28 bits per heavy atom. The van der Waals surface area contributed by atoms with Crippen LogP contribution in [0.5, 0.6) is 0 Å². The summed E-state index contributed by atoms with van der Waals surface area (Å²) in [5, 5.41) is 4.90. The molecule has 1 aliphatic carbocycles. The molecule has 1 N–H and O–H groups in total. The van der Waals surface area contributed by atoms with Gasteiger partial charge in [-0.05, 0) is 25.3 Å². The normalized spacial score (nSPS) is 15.4. The van der Waals surface area contributed by atoms with Gasteiger partial charge in [0.25, 0.3) is 0 Å². The van der Waals surface area contributed by atoms with Gasteiger partial charge in [0, 0.05) is 30.0 Å². The maximum absolute atomic E-state index is 6.01. The molecule has 0 unspecified atom stereocenters. The predicted molar refractivity (Wildman–Crippen MR) is 74.7 cm³/mol. The smallest absolute Gasteiger partial charge is 0.134 e. The number of unbranched alkanes of at least 4 members (excludes halogenated alkanes) is 1. The number of rotatable bonds is 6. The summed E-state index contributed by atoms with van der Waals surface area (Å²) >= 11 is 0. The number of hydrogen-bond donors (Lipinski definition) is 1. The molecule has 0 amide bonds. The average Bonchev–Trinajstić information content (AvgIpc) is 3.15. The second kappa shape index (κ2) is 5.15. The van der Waals surface area contributed by atoms with Crippen LogP contribution in [0.3, 0.4) is 0 Å². The molecule has 1 heterocycles. The fraction of sp³-hybridized carbons (Fsp3) is 0.500. The summed E-state index contributed by atoms with van der Waals surface area (Å²) in [5.74, 6) is 1.19. The first-order chi connectivity index (χ1) is 8.88. The first kappa shape index (κ1) is 11.8. The molecule has 1 fully saturated rings. The molecular formula is C16H21NO. The molecule has 0 saturated heterocycles. The van der Waals surface area contributed by atoms with Crippen LogP contribution in [-0.2, 0) is 13.0 Å². The molecule has 1 saturated carbocycles. The highest BCUT2D eigenvalue weighted by Gasteiger charge is 2.22. The number of furan rings is 1. The van der Waals surface area contributed by atoms with Crippen molar-refractivity contribution < 1.29 is 4.42 Å². The van der Waals surface area contributed by atoms with Gasteiger partial charge in [-0.2, -0.15) is 0 Å². The van der Waals surface area contributed by atoms with Crippen LogP contribution in [0.15, 0.2) is 28.7 Å². The summed E-state index contributed by atoms with van der Waals surface area (Å²) in [5.41, 5.74) is 2.42. The van der Waals surface area contributed by atoms with E-state index in [1.165, 1.54) is 42.4 Å². The van der Waals surface area contributed by atoms with Gasteiger partial charge in [-0.25, -0.2) is 0 Å². The summed E-state index contributed by atoms with van der Waals surface area (Å²) in [7, 11) is 0. The van der Waals surface area contributed by atoms with Crippen molar-refractivity contribution in [2.45, 2.75) is 51.6 Å². The van der Waals surface area contributed by atoms with Crippen molar-refractivity contribution >= 4 is 11.0 Å². The van der Waals surface area contributed by atoms with E-state index < -0.39 is 0 Å². The van der Waals surface area contributed by atoms with Gasteiger partial charge in [0.2, 0.25) is 0 Å².